The van der Waals surface area contributed by atoms with Gasteiger partial charge < -0.3 is 10.6 Å². The van der Waals surface area contributed by atoms with Gasteiger partial charge in [0.2, 0.25) is 11.8 Å². The van der Waals surface area contributed by atoms with Crippen molar-refractivity contribution in [3.8, 4) is 0 Å². The third-order valence-electron chi connectivity index (χ3n) is 3.39. The Hall–Kier alpha value is -2.77. The number of carbonyl (C=O) groups is 3. The molecule has 1 heterocycles. The highest BCUT2D eigenvalue weighted by Crippen LogP contribution is 2.31. The minimum Gasteiger partial charge on any atom is -0.369 e. The fourth-order valence-electron chi connectivity index (χ4n) is 2.29. The fourth-order valence-corrected chi connectivity index (χ4v) is 2.29. The van der Waals surface area contributed by atoms with Gasteiger partial charge in [0.25, 0.3) is 5.69 Å². The van der Waals surface area contributed by atoms with Gasteiger partial charge in [-0.3, -0.25) is 24.5 Å². The van der Waals surface area contributed by atoms with Gasteiger partial charge in [-0.2, -0.15) is 0 Å². The number of benzene rings is 1. The number of hydrogen-bond acceptors (Lipinski definition) is 5. The predicted molar refractivity (Wildman–Crippen MR) is 72.8 cm³/mol. The molecule has 1 aromatic carbocycles. The molecule has 2 N–H and O–H groups in total. The summed E-state index contributed by atoms with van der Waals surface area (Å²) < 4.78 is 0. The first-order valence-electron chi connectivity index (χ1n) is 6.20. The third kappa shape index (κ3) is 2.73. The Balaban J connectivity index is 2.44. The summed E-state index contributed by atoms with van der Waals surface area (Å²) in [6.45, 7) is 1.33. The molecule has 21 heavy (non-hydrogen) atoms. The summed E-state index contributed by atoms with van der Waals surface area (Å²) in [6.07, 6.45) is -0.0241. The number of carbonyl (C=O) groups excluding carboxylic acids is 3. The van der Waals surface area contributed by atoms with Crippen LogP contribution in [-0.2, 0) is 9.59 Å². The highest BCUT2D eigenvalue weighted by Gasteiger charge is 2.35. The quantitative estimate of drug-likeness (QED) is 0.495. The van der Waals surface area contributed by atoms with Gasteiger partial charge in [0.1, 0.15) is 0 Å². The lowest BCUT2D eigenvalue weighted by atomic mass is 10.1. The van der Waals surface area contributed by atoms with E-state index in [9.17, 15) is 24.5 Å². The number of anilines is 1. The normalized spacial score (nSPS) is 17.9. The second-order valence-electron chi connectivity index (χ2n) is 4.82. The second-order valence-corrected chi connectivity index (χ2v) is 4.82. The second kappa shape index (κ2) is 5.31. The van der Waals surface area contributed by atoms with Crippen molar-refractivity contribution < 1.29 is 19.3 Å². The summed E-state index contributed by atoms with van der Waals surface area (Å²) in [7, 11) is 0. The first kappa shape index (κ1) is 14.6. The van der Waals surface area contributed by atoms with Crippen molar-refractivity contribution in [1.29, 1.82) is 0 Å². The molecule has 2 rings (SSSR count). The zero-order chi connectivity index (χ0) is 15.7. The van der Waals surface area contributed by atoms with E-state index in [2.05, 4.69) is 0 Å². The number of nitro groups is 1. The van der Waals surface area contributed by atoms with Crippen molar-refractivity contribution in [2.45, 2.75) is 13.3 Å². The van der Waals surface area contributed by atoms with Gasteiger partial charge in [-0.25, -0.2) is 0 Å². The molecular formula is C13H13N3O5. The summed E-state index contributed by atoms with van der Waals surface area (Å²) in [6, 6.07) is 3.69. The number of nitrogens with zero attached hydrogens (tertiary/aromatic N) is 2. The first-order chi connectivity index (χ1) is 9.81. The summed E-state index contributed by atoms with van der Waals surface area (Å²) in [5.74, 6) is -1.94. The number of primary amides is 1. The molecule has 1 aliphatic rings. The lowest BCUT2D eigenvalue weighted by Crippen LogP contribution is -2.29. The van der Waals surface area contributed by atoms with Crippen LogP contribution in [0.25, 0.3) is 0 Å². The van der Waals surface area contributed by atoms with Gasteiger partial charge in [0, 0.05) is 30.7 Å². The minimum atomic E-state index is -0.618. The van der Waals surface area contributed by atoms with Gasteiger partial charge in [-0.05, 0) is 13.0 Å². The molecule has 1 unspecified atom stereocenters. The van der Waals surface area contributed by atoms with E-state index in [1.807, 2.05) is 0 Å². The maximum absolute atomic E-state index is 12.0. The summed E-state index contributed by atoms with van der Waals surface area (Å²) >= 11 is 0. The lowest BCUT2D eigenvalue weighted by molar-refractivity contribution is -0.384. The van der Waals surface area contributed by atoms with E-state index < -0.39 is 22.5 Å². The zero-order valence-corrected chi connectivity index (χ0v) is 11.2. The Kier molecular flexibility index (Phi) is 3.70. The van der Waals surface area contributed by atoms with Crippen molar-refractivity contribution in [3.05, 3.63) is 33.9 Å². The Labute approximate surface area is 119 Å². The van der Waals surface area contributed by atoms with E-state index in [-0.39, 0.29) is 35.8 Å². The number of nitro benzene ring substituents is 1. The van der Waals surface area contributed by atoms with Crippen LogP contribution in [0.4, 0.5) is 11.4 Å². The monoisotopic (exact) mass is 291 g/mol. The summed E-state index contributed by atoms with van der Waals surface area (Å²) in [5, 5.41) is 10.8. The molecule has 0 spiro atoms. The number of ketones is 1. The van der Waals surface area contributed by atoms with E-state index in [0.717, 1.165) is 6.07 Å². The van der Waals surface area contributed by atoms with E-state index in [1.54, 1.807) is 0 Å². The van der Waals surface area contributed by atoms with Crippen LogP contribution < -0.4 is 10.6 Å². The SMILES string of the molecule is CC(=O)c1cc([N+](=O)[O-])ccc1N1CC(C(N)=O)CC1=O. The summed E-state index contributed by atoms with van der Waals surface area (Å²) in [4.78, 5) is 46.2. The standard InChI is InChI=1S/C13H13N3O5/c1-7(17)10-5-9(16(20)21)2-3-11(10)15-6-8(13(14)19)4-12(15)18/h2-3,5,8H,4,6H2,1H3,(H2,14,19). The van der Waals surface area contributed by atoms with Crippen LogP contribution in [0.5, 0.6) is 0 Å². The van der Waals surface area contributed by atoms with Crippen LogP contribution in [0.2, 0.25) is 0 Å². The van der Waals surface area contributed by atoms with Crippen LogP contribution >= 0.6 is 0 Å². The van der Waals surface area contributed by atoms with Crippen molar-refractivity contribution in [1.82, 2.24) is 0 Å². The molecule has 1 atom stereocenters. The van der Waals surface area contributed by atoms with E-state index in [1.165, 1.54) is 24.0 Å². The zero-order valence-electron chi connectivity index (χ0n) is 11.2. The Morgan fingerprint density at radius 1 is 1.43 bits per heavy atom. The molecule has 1 fully saturated rings. The largest absolute Gasteiger partial charge is 0.369 e. The molecule has 1 saturated heterocycles. The average molecular weight is 291 g/mol. The average Bonchev–Trinajstić information content (AvgIpc) is 2.80. The minimum absolute atomic E-state index is 0.0241. The number of rotatable bonds is 4. The molecule has 1 aliphatic heterocycles. The molecule has 0 aromatic heterocycles. The molecule has 8 heteroatoms. The van der Waals surface area contributed by atoms with Crippen molar-refractivity contribution in [2.24, 2.45) is 11.7 Å². The van der Waals surface area contributed by atoms with E-state index in [0.29, 0.717) is 0 Å². The number of hydrogen-bond donors (Lipinski definition) is 1. The Morgan fingerprint density at radius 2 is 2.10 bits per heavy atom. The third-order valence-corrected chi connectivity index (χ3v) is 3.39. The van der Waals surface area contributed by atoms with Gasteiger partial charge in [-0.15, -0.1) is 0 Å². The molecule has 0 saturated carbocycles. The molecule has 8 nitrogen and oxygen atoms in total. The van der Waals surface area contributed by atoms with Crippen molar-refractivity contribution in [3.63, 3.8) is 0 Å². The van der Waals surface area contributed by atoms with Crippen LogP contribution in [0, 0.1) is 16.0 Å². The molecule has 2 amide bonds. The highest BCUT2D eigenvalue weighted by molar-refractivity contribution is 6.07. The van der Waals surface area contributed by atoms with Crippen LogP contribution in [0.1, 0.15) is 23.7 Å². The molecule has 0 bridgehead atoms. The van der Waals surface area contributed by atoms with Crippen LogP contribution in [0.15, 0.2) is 18.2 Å². The van der Waals surface area contributed by atoms with Gasteiger partial charge in [-0.1, -0.05) is 0 Å². The van der Waals surface area contributed by atoms with Crippen molar-refractivity contribution >= 4 is 29.0 Å². The molecule has 1 aromatic rings. The predicted octanol–water partition coefficient (Wildman–Crippen LogP) is 0.636. The molecular weight excluding hydrogens is 278 g/mol. The maximum atomic E-state index is 12.0. The van der Waals surface area contributed by atoms with Crippen LogP contribution in [-0.4, -0.2) is 29.1 Å². The van der Waals surface area contributed by atoms with E-state index >= 15 is 0 Å². The topological polar surface area (TPSA) is 124 Å². The summed E-state index contributed by atoms with van der Waals surface area (Å²) in [5.41, 5.74) is 5.29. The number of non-ortho nitro benzene ring substituents is 1. The number of amides is 2. The Morgan fingerprint density at radius 3 is 2.57 bits per heavy atom. The number of Topliss-reactive ketones (excluding diaryl/α,β-unsaturated/α-hetero) is 1. The molecule has 0 aliphatic carbocycles. The van der Waals surface area contributed by atoms with Crippen LogP contribution in [0.3, 0.4) is 0 Å². The van der Waals surface area contributed by atoms with E-state index in [4.69, 9.17) is 5.73 Å². The smallest absolute Gasteiger partial charge is 0.270 e. The van der Waals surface area contributed by atoms with Gasteiger partial charge in [0.15, 0.2) is 5.78 Å². The number of nitrogens with two attached hydrogens (primary N) is 1. The van der Waals surface area contributed by atoms with Crippen molar-refractivity contribution in [2.75, 3.05) is 11.4 Å². The fraction of sp³-hybridized carbons (Fsp3) is 0.308. The van der Waals surface area contributed by atoms with Gasteiger partial charge in [0.05, 0.1) is 16.5 Å². The van der Waals surface area contributed by atoms with Gasteiger partial charge >= 0.3 is 0 Å². The lowest BCUT2D eigenvalue weighted by Gasteiger charge is -2.19. The Bertz CT molecular complexity index is 655. The highest BCUT2D eigenvalue weighted by atomic mass is 16.6. The maximum Gasteiger partial charge on any atom is 0.270 e. The molecule has 0 radical (unpaired) electrons. The molecule has 110 valence electrons. The first-order valence-corrected chi connectivity index (χ1v) is 6.20.